The maximum absolute atomic E-state index is 4.09. The van der Waals surface area contributed by atoms with Crippen LogP contribution in [0.5, 0.6) is 0 Å². The van der Waals surface area contributed by atoms with Crippen LogP contribution in [0.15, 0.2) is 41.7 Å². The Hall–Kier alpha value is -1.31. The van der Waals surface area contributed by atoms with Crippen LogP contribution in [0.1, 0.15) is 6.92 Å². The molecule has 0 heterocycles. The van der Waals surface area contributed by atoms with Gasteiger partial charge in [-0.3, -0.25) is 4.99 Å². The number of aliphatic imine (C=N–C) groups is 1. The topological polar surface area (TPSA) is 24.4 Å². The van der Waals surface area contributed by atoms with Crippen LogP contribution < -0.4 is 5.32 Å². The molecular weight excluding hydrogens is 136 g/mol. The quantitative estimate of drug-likeness (QED) is 0.480. The molecule has 0 aliphatic heterocycles. The van der Waals surface area contributed by atoms with E-state index in [4.69, 9.17) is 0 Å². The second-order valence-electron chi connectivity index (χ2n) is 1.92. The fourth-order valence-electron chi connectivity index (χ4n) is 0.588. The second kappa shape index (κ2) is 5.47. The van der Waals surface area contributed by atoms with E-state index in [1.54, 1.807) is 12.3 Å². The van der Waals surface area contributed by atoms with E-state index in [0.29, 0.717) is 0 Å². The highest BCUT2D eigenvalue weighted by Gasteiger charge is 1.93. The van der Waals surface area contributed by atoms with Crippen LogP contribution in [-0.2, 0) is 0 Å². The van der Waals surface area contributed by atoms with Gasteiger partial charge in [-0.05, 0) is 6.92 Å². The third-order valence-electron chi connectivity index (χ3n) is 1.20. The molecule has 0 aliphatic rings. The normalized spacial score (nSPS) is 11.6. The van der Waals surface area contributed by atoms with Crippen molar-refractivity contribution in [2.24, 2.45) is 4.99 Å². The maximum Gasteiger partial charge on any atom is 0.0812 e. The molecule has 2 heteroatoms. The summed E-state index contributed by atoms with van der Waals surface area (Å²) in [5.74, 6) is 0. The Morgan fingerprint density at radius 2 is 2.18 bits per heavy atom. The molecule has 0 fully saturated rings. The molecule has 0 bridgehead atoms. The lowest BCUT2D eigenvalue weighted by Gasteiger charge is -2.02. The molecule has 2 nitrogen and oxygen atoms in total. The smallest absolute Gasteiger partial charge is 0.0812 e. The predicted octanol–water partition coefficient (Wildman–Crippen LogP) is 1.88. The molecule has 0 atom stereocenters. The van der Waals surface area contributed by atoms with Crippen molar-refractivity contribution in [1.29, 1.82) is 0 Å². The molecule has 0 aromatic heterocycles. The van der Waals surface area contributed by atoms with Crippen molar-refractivity contribution >= 4 is 6.21 Å². The summed E-state index contributed by atoms with van der Waals surface area (Å²) in [6, 6.07) is 0. The number of hydrogen-bond acceptors (Lipinski definition) is 2. The SMILES string of the molecule is C=CC=N/C(=C\C)C(=C)NC. The molecule has 0 amide bonds. The Kier molecular flexibility index (Phi) is 4.82. The van der Waals surface area contributed by atoms with Crippen LogP contribution in [0.25, 0.3) is 0 Å². The standard InChI is InChI=1S/C9H14N2/c1-5-7-11-9(6-2)8(3)10-4/h5-7,10H,1,3H2,2,4H3/b9-6-,11-7?. The molecule has 0 radical (unpaired) electrons. The van der Waals surface area contributed by atoms with E-state index in [0.717, 1.165) is 11.4 Å². The van der Waals surface area contributed by atoms with Crippen LogP contribution in [0.3, 0.4) is 0 Å². The van der Waals surface area contributed by atoms with Gasteiger partial charge in [0, 0.05) is 13.3 Å². The molecule has 0 saturated carbocycles. The van der Waals surface area contributed by atoms with Crippen LogP contribution in [0, 0.1) is 0 Å². The van der Waals surface area contributed by atoms with Gasteiger partial charge in [0.05, 0.1) is 11.4 Å². The highest BCUT2D eigenvalue weighted by Crippen LogP contribution is 2.03. The number of nitrogens with zero attached hydrogens (tertiary/aromatic N) is 1. The number of rotatable bonds is 4. The largest absolute Gasteiger partial charge is 0.387 e. The first-order valence-corrected chi connectivity index (χ1v) is 3.44. The summed E-state index contributed by atoms with van der Waals surface area (Å²) in [7, 11) is 1.81. The number of hydrogen-bond donors (Lipinski definition) is 1. The van der Waals surface area contributed by atoms with E-state index < -0.39 is 0 Å². The summed E-state index contributed by atoms with van der Waals surface area (Å²) in [6.07, 6.45) is 5.16. The van der Waals surface area contributed by atoms with E-state index >= 15 is 0 Å². The molecule has 0 unspecified atom stereocenters. The van der Waals surface area contributed by atoms with Gasteiger partial charge in [0.25, 0.3) is 0 Å². The monoisotopic (exact) mass is 150 g/mol. The Morgan fingerprint density at radius 1 is 1.55 bits per heavy atom. The molecule has 0 spiro atoms. The minimum absolute atomic E-state index is 0.811. The Bertz CT molecular complexity index is 200. The van der Waals surface area contributed by atoms with Crippen molar-refractivity contribution in [3.8, 4) is 0 Å². The summed E-state index contributed by atoms with van der Waals surface area (Å²) < 4.78 is 0. The van der Waals surface area contributed by atoms with Gasteiger partial charge in [-0.2, -0.15) is 0 Å². The average molecular weight is 150 g/mol. The van der Waals surface area contributed by atoms with Crippen molar-refractivity contribution in [2.45, 2.75) is 6.92 Å². The van der Waals surface area contributed by atoms with Crippen LogP contribution >= 0.6 is 0 Å². The molecule has 0 aliphatic carbocycles. The third kappa shape index (κ3) is 3.40. The Labute approximate surface area is 68.0 Å². The first kappa shape index (κ1) is 9.69. The van der Waals surface area contributed by atoms with Crippen molar-refractivity contribution < 1.29 is 0 Å². The van der Waals surface area contributed by atoms with Crippen LogP contribution in [0.4, 0.5) is 0 Å². The van der Waals surface area contributed by atoms with Gasteiger partial charge in [0.2, 0.25) is 0 Å². The zero-order valence-corrected chi connectivity index (χ0v) is 7.09. The van der Waals surface area contributed by atoms with Gasteiger partial charge in [-0.25, -0.2) is 0 Å². The molecule has 0 aromatic rings. The zero-order chi connectivity index (χ0) is 8.69. The van der Waals surface area contributed by atoms with E-state index in [1.165, 1.54) is 0 Å². The third-order valence-corrected chi connectivity index (χ3v) is 1.20. The maximum atomic E-state index is 4.09. The summed E-state index contributed by atoms with van der Waals surface area (Å²) in [6.45, 7) is 9.21. The summed E-state index contributed by atoms with van der Waals surface area (Å²) in [4.78, 5) is 4.09. The summed E-state index contributed by atoms with van der Waals surface area (Å²) in [5.41, 5.74) is 1.65. The van der Waals surface area contributed by atoms with E-state index in [1.807, 2.05) is 20.0 Å². The average Bonchev–Trinajstić information content (AvgIpc) is 2.05. The molecular formula is C9H14N2. The predicted molar refractivity (Wildman–Crippen MR) is 50.6 cm³/mol. The van der Waals surface area contributed by atoms with Crippen molar-refractivity contribution in [3.05, 3.63) is 36.7 Å². The first-order valence-electron chi connectivity index (χ1n) is 3.44. The number of allylic oxidation sites excluding steroid dienone is 2. The van der Waals surface area contributed by atoms with Gasteiger partial charge in [-0.1, -0.05) is 25.3 Å². The van der Waals surface area contributed by atoms with Crippen molar-refractivity contribution in [1.82, 2.24) is 5.32 Å². The van der Waals surface area contributed by atoms with Gasteiger partial charge in [0.15, 0.2) is 0 Å². The van der Waals surface area contributed by atoms with Gasteiger partial charge in [-0.15, -0.1) is 0 Å². The van der Waals surface area contributed by atoms with Crippen molar-refractivity contribution in [3.63, 3.8) is 0 Å². The van der Waals surface area contributed by atoms with Gasteiger partial charge in [0.1, 0.15) is 0 Å². The lowest BCUT2D eigenvalue weighted by Crippen LogP contribution is -2.05. The minimum Gasteiger partial charge on any atom is -0.387 e. The Balaban J connectivity index is 4.31. The first-order chi connectivity index (χ1) is 5.26. The fraction of sp³-hybridized carbons (Fsp3) is 0.222. The number of nitrogens with one attached hydrogen (secondary N) is 1. The summed E-state index contributed by atoms with van der Waals surface area (Å²) in [5, 5.41) is 2.91. The van der Waals surface area contributed by atoms with Crippen LogP contribution in [0.2, 0.25) is 0 Å². The molecule has 0 saturated heterocycles. The van der Waals surface area contributed by atoms with Gasteiger partial charge >= 0.3 is 0 Å². The fourth-order valence-corrected chi connectivity index (χ4v) is 0.588. The number of likely N-dealkylation sites (N-methyl/N-ethyl adjacent to an activating group) is 1. The molecule has 11 heavy (non-hydrogen) atoms. The van der Waals surface area contributed by atoms with E-state index in [2.05, 4.69) is 23.5 Å². The molecule has 60 valence electrons. The van der Waals surface area contributed by atoms with Crippen LogP contribution in [-0.4, -0.2) is 13.3 Å². The van der Waals surface area contributed by atoms with Gasteiger partial charge < -0.3 is 5.32 Å². The molecule has 0 rings (SSSR count). The lowest BCUT2D eigenvalue weighted by atomic mass is 10.3. The zero-order valence-electron chi connectivity index (χ0n) is 7.09. The molecule has 0 aromatic carbocycles. The summed E-state index contributed by atoms with van der Waals surface area (Å²) >= 11 is 0. The second-order valence-corrected chi connectivity index (χ2v) is 1.92. The minimum atomic E-state index is 0.811. The highest BCUT2D eigenvalue weighted by atomic mass is 14.9. The van der Waals surface area contributed by atoms with Crippen molar-refractivity contribution in [2.75, 3.05) is 7.05 Å². The molecule has 1 N–H and O–H groups in total. The van der Waals surface area contributed by atoms with E-state index in [9.17, 15) is 0 Å². The highest BCUT2D eigenvalue weighted by molar-refractivity contribution is 5.71. The Morgan fingerprint density at radius 3 is 2.55 bits per heavy atom. The lowest BCUT2D eigenvalue weighted by molar-refractivity contribution is 0.996. The van der Waals surface area contributed by atoms with E-state index in [-0.39, 0.29) is 0 Å².